The summed E-state index contributed by atoms with van der Waals surface area (Å²) in [6.07, 6.45) is 7.03. The Labute approximate surface area is 182 Å². The maximum atomic E-state index is 5.79. The van der Waals surface area contributed by atoms with E-state index in [1.807, 2.05) is 11.3 Å². The number of fused-ring (bicyclic) bond motifs is 2. The second-order valence-corrected chi connectivity index (χ2v) is 9.61. The summed E-state index contributed by atoms with van der Waals surface area (Å²) in [5, 5.41) is 11.2. The molecule has 6 rings (SSSR count). The van der Waals surface area contributed by atoms with E-state index in [0.717, 1.165) is 44.8 Å². The first-order valence-corrected chi connectivity index (χ1v) is 12.1. The van der Waals surface area contributed by atoms with Crippen LogP contribution in [0.5, 0.6) is 5.75 Å². The van der Waals surface area contributed by atoms with Gasteiger partial charge < -0.3 is 15.4 Å². The van der Waals surface area contributed by atoms with Crippen LogP contribution in [0.3, 0.4) is 0 Å². The van der Waals surface area contributed by atoms with Crippen LogP contribution >= 0.6 is 11.3 Å². The number of piperidine rings is 1. The van der Waals surface area contributed by atoms with E-state index in [9.17, 15) is 0 Å². The molecule has 0 spiro atoms. The molecule has 3 nitrogen and oxygen atoms in total. The molecule has 2 aromatic carbocycles. The summed E-state index contributed by atoms with van der Waals surface area (Å²) in [6.45, 7) is 3.97. The van der Waals surface area contributed by atoms with Gasteiger partial charge in [0.15, 0.2) is 0 Å². The lowest BCUT2D eigenvalue weighted by Crippen LogP contribution is -2.32. The normalized spacial score (nSPS) is 23.8. The molecule has 1 aromatic heterocycles. The van der Waals surface area contributed by atoms with Crippen molar-refractivity contribution >= 4 is 27.0 Å². The van der Waals surface area contributed by atoms with Gasteiger partial charge in [-0.25, -0.2) is 0 Å². The SMILES string of the molecule is C1=C(c2csc3c(C4CC[C@H](c5cccc6c5CCO6)CN4)cccc23)CNCC1. The third-order valence-electron chi connectivity index (χ3n) is 7.01. The Balaban J connectivity index is 1.25. The van der Waals surface area contributed by atoms with Gasteiger partial charge >= 0.3 is 0 Å². The molecular weight excluding hydrogens is 388 g/mol. The molecule has 0 bridgehead atoms. The molecule has 30 heavy (non-hydrogen) atoms. The molecule has 1 fully saturated rings. The third kappa shape index (κ3) is 3.18. The summed E-state index contributed by atoms with van der Waals surface area (Å²) in [5.41, 5.74) is 7.32. The van der Waals surface area contributed by atoms with Crippen LogP contribution in [0.25, 0.3) is 15.7 Å². The molecule has 3 aromatic rings. The molecule has 0 saturated carbocycles. The highest BCUT2D eigenvalue weighted by Gasteiger charge is 2.28. The van der Waals surface area contributed by atoms with Crippen molar-refractivity contribution in [1.29, 1.82) is 0 Å². The lowest BCUT2D eigenvalue weighted by molar-refractivity contribution is 0.356. The van der Waals surface area contributed by atoms with Gasteiger partial charge in [-0.15, -0.1) is 11.3 Å². The van der Waals surface area contributed by atoms with Crippen LogP contribution in [0.2, 0.25) is 0 Å². The fourth-order valence-electron chi connectivity index (χ4n) is 5.47. The van der Waals surface area contributed by atoms with Crippen LogP contribution in [0, 0.1) is 0 Å². The van der Waals surface area contributed by atoms with Crippen molar-refractivity contribution in [2.45, 2.75) is 37.6 Å². The Bertz CT molecular complexity index is 1110. The molecule has 4 heterocycles. The number of thiophene rings is 1. The molecule has 154 valence electrons. The van der Waals surface area contributed by atoms with E-state index < -0.39 is 0 Å². The largest absolute Gasteiger partial charge is 0.493 e. The van der Waals surface area contributed by atoms with E-state index in [1.165, 1.54) is 50.8 Å². The molecule has 2 N–H and O–H groups in total. The van der Waals surface area contributed by atoms with Crippen LogP contribution in [0.4, 0.5) is 0 Å². The Morgan fingerprint density at radius 3 is 2.83 bits per heavy atom. The van der Waals surface area contributed by atoms with E-state index in [4.69, 9.17) is 4.74 Å². The van der Waals surface area contributed by atoms with Gasteiger partial charge in [0.05, 0.1) is 6.61 Å². The zero-order chi connectivity index (χ0) is 19.9. The highest BCUT2D eigenvalue weighted by Crippen LogP contribution is 2.41. The van der Waals surface area contributed by atoms with Crippen LogP contribution < -0.4 is 15.4 Å². The summed E-state index contributed by atoms with van der Waals surface area (Å²) in [4.78, 5) is 0. The quantitative estimate of drug-likeness (QED) is 0.598. The van der Waals surface area contributed by atoms with Crippen LogP contribution in [0.15, 0.2) is 47.9 Å². The van der Waals surface area contributed by atoms with Gasteiger partial charge in [-0.2, -0.15) is 0 Å². The van der Waals surface area contributed by atoms with Crippen LogP contribution in [-0.4, -0.2) is 26.2 Å². The van der Waals surface area contributed by atoms with Gasteiger partial charge in [0.25, 0.3) is 0 Å². The average molecular weight is 417 g/mol. The predicted molar refractivity (Wildman–Crippen MR) is 126 cm³/mol. The van der Waals surface area contributed by atoms with Crippen LogP contribution in [-0.2, 0) is 6.42 Å². The van der Waals surface area contributed by atoms with E-state index in [0.29, 0.717) is 12.0 Å². The fourth-order valence-corrected chi connectivity index (χ4v) is 6.64. The molecular formula is C26H28N2OS. The van der Waals surface area contributed by atoms with E-state index in [-0.39, 0.29) is 0 Å². The summed E-state index contributed by atoms with van der Waals surface area (Å²) in [5.74, 6) is 1.70. The number of nitrogens with one attached hydrogen (secondary N) is 2. The van der Waals surface area contributed by atoms with Crippen molar-refractivity contribution in [3.05, 3.63) is 70.1 Å². The first kappa shape index (κ1) is 18.6. The van der Waals surface area contributed by atoms with Gasteiger partial charge in [0.1, 0.15) is 5.75 Å². The van der Waals surface area contributed by atoms with Gasteiger partial charge in [-0.3, -0.25) is 0 Å². The number of benzene rings is 2. The Morgan fingerprint density at radius 1 is 1.03 bits per heavy atom. The maximum Gasteiger partial charge on any atom is 0.122 e. The monoisotopic (exact) mass is 416 g/mol. The standard InChI is InChI=1S/C26H28N2OS/c1-6-21-23(17-4-3-12-27-14-17)16-30-26(21)22(7-1)24-10-9-18(15-28-24)19-5-2-8-25-20(19)11-13-29-25/h1-2,4-8,16,18,24,27-28H,3,9-15H2/t18-,24?/m0/s1. The summed E-state index contributed by atoms with van der Waals surface area (Å²) in [6, 6.07) is 13.9. The first-order valence-electron chi connectivity index (χ1n) is 11.3. The second kappa shape index (κ2) is 7.84. The van der Waals surface area contributed by atoms with Gasteiger partial charge in [0, 0.05) is 41.2 Å². The lowest BCUT2D eigenvalue weighted by atomic mass is 9.84. The molecule has 2 atom stereocenters. The number of hydrogen-bond acceptors (Lipinski definition) is 4. The number of hydrogen-bond donors (Lipinski definition) is 2. The van der Waals surface area contributed by atoms with Crippen LogP contribution in [0.1, 0.15) is 53.5 Å². The minimum Gasteiger partial charge on any atom is -0.493 e. The Hall–Kier alpha value is -2.14. The molecule has 3 aliphatic rings. The van der Waals surface area contributed by atoms with Gasteiger partial charge in [-0.1, -0.05) is 36.4 Å². The van der Waals surface area contributed by atoms with Crippen molar-refractivity contribution in [2.24, 2.45) is 0 Å². The topological polar surface area (TPSA) is 33.3 Å². The molecule has 1 unspecified atom stereocenters. The zero-order valence-corrected chi connectivity index (χ0v) is 18.1. The van der Waals surface area contributed by atoms with Crippen molar-refractivity contribution < 1.29 is 4.74 Å². The second-order valence-electron chi connectivity index (χ2n) is 8.73. The zero-order valence-electron chi connectivity index (χ0n) is 17.2. The number of ether oxygens (including phenoxy) is 1. The maximum absolute atomic E-state index is 5.79. The lowest BCUT2D eigenvalue weighted by Gasteiger charge is -2.31. The minimum absolute atomic E-state index is 0.447. The van der Waals surface area contributed by atoms with E-state index >= 15 is 0 Å². The average Bonchev–Trinajstić information content (AvgIpc) is 3.47. The van der Waals surface area contributed by atoms with E-state index in [1.54, 1.807) is 0 Å². The van der Waals surface area contributed by atoms with Crippen molar-refractivity contribution in [1.82, 2.24) is 10.6 Å². The molecule has 0 radical (unpaired) electrons. The van der Waals surface area contributed by atoms with E-state index in [2.05, 4.69) is 58.5 Å². The Kier molecular flexibility index (Phi) is 4.87. The minimum atomic E-state index is 0.447. The van der Waals surface area contributed by atoms with Gasteiger partial charge in [0.2, 0.25) is 0 Å². The molecule has 4 heteroatoms. The summed E-state index contributed by atoms with van der Waals surface area (Å²) >= 11 is 1.92. The molecule has 0 aliphatic carbocycles. The third-order valence-corrected chi connectivity index (χ3v) is 8.06. The van der Waals surface area contributed by atoms with Crippen molar-refractivity contribution in [3.8, 4) is 5.75 Å². The molecule has 1 saturated heterocycles. The fraction of sp³-hybridized carbons (Fsp3) is 0.385. The summed E-state index contributed by atoms with van der Waals surface area (Å²) < 4.78 is 7.25. The molecule has 0 amide bonds. The Morgan fingerprint density at radius 2 is 1.97 bits per heavy atom. The van der Waals surface area contributed by atoms with Gasteiger partial charge in [-0.05, 0) is 65.4 Å². The highest BCUT2D eigenvalue weighted by atomic mass is 32.1. The van der Waals surface area contributed by atoms with Crippen molar-refractivity contribution in [2.75, 3.05) is 26.2 Å². The smallest absolute Gasteiger partial charge is 0.122 e. The first-order chi connectivity index (χ1) is 14.9. The molecule has 3 aliphatic heterocycles. The predicted octanol–water partition coefficient (Wildman–Crippen LogP) is 5.42. The summed E-state index contributed by atoms with van der Waals surface area (Å²) in [7, 11) is 0. The highest BCUT2D eigenvalue weighted by molar-refractivity contribution is 7.17. The number of rotatable bonds is 3. The van der Waals surface area contributed by atoms with Crippen molar-refractivity contribution in [3.63, 3.8) is 0 Å².